The number of rotatable bonds is 7. The van der Waals surface area contributed by atoms with Gasteiger partial charge in [-0.05, 0) is 55.6 Å². The van der Waals surface area contributed by atoms with Gasteiger partial charge in [0.1, 0.15) is 5.60 Å². The second kappa shape index (κ2) is 8.87. The minimum atomic E-state index is -1.19. The van der Waals surface area contributed by atoms with Crippen LogP contribution in [0.1, 0.15) is 55.7 Å². The van der Waals surface area contributed by atoms with E-state index < -0.39 is 5.60 Å². The predicted octanol–water partition coefficient (Wildman–Crippen LogP) is 3.59. The van der Waals surface area contributed by atoms with E-state index in [2.05, 4.69) is 77.4 Å². The molecule has 0 spiro atoms. The summed E-state index contributed by atoms with van der Waals surface area (Å²) in [5, 5.41) is 20.0. The smallest absolute Gasteiger partial charge is 0.227 e. The highest BCUT2D eigenvalue weighted by Gasteiger charge is 2.55. The van der Waals surface area contributed by atoms with Gasteiger partial charge in [-0.2, -0.15) is 4.98 Å². The maximum Gasteiger partial charge on any atom is 0.227 e. The first-order valence-electron chi connectivity index (χ1n) is 12.3. The second-order valence-electron chi connectivity index (χ2n) is 10.8. The molecule has 0 amide bonds. The molecule has 0 aliphatic carbocycles. The molecule has 2 aliphatic heterocycles. The lowest BCUT2D eigenvalue weighted by Crippen LogP contribution is -2.63. The molecule has 2 fully saturated rings. The Morgan fingerprint density at radius 1 is 1.21 bits per heavy atom. The van der Waals surface area contributed by atoms with Crippen LogP contribution in [0.5, 0.6) is 0 Å². The van der Waals surface area contributed by atoms with Crippen LogP contribution in [-0.2, 0) is 12.0 Å². The van der Waals surface area contributed by atoms with E-state index in [0.29, 0.717) is 23.6 Å². The van der Waals surface area contributed by atoms with Gasteiger partial charge in [0.05, 0.1) is 0 Å². The average molecular weight is 462 g/mol. The highest BCUT2D eigenvalue weighted by Crippen LogP contribution is 2.50. The van der Waals surface area contributed by atoms with Gasteiger partial charge in [0, 0.05) is 48.4 Å². The number of nitrogens with zero attached hydrogens (tertiary/aromatic N) is 4. The Morgan fingerprint density at radius 2 is 1.97 bits per heavy atom. The van der Waals surface area contributed by atoms with E-state index in [1.165, 1.54) is 5.56 Å². The third-order valence-electron chi connectivity index (χ3n) is 7.61. The molecular formula is C27H35N5O2. The largest absolute Gasteiger partial charge is 0.380 e. The van der Waals surface area contributed by atoms with E-state index in [0.717, 1.165) is 55.7 Å². The summed E-state index contributed by atoms with van der Waals surface area (Å²) >= 11 is 0. The maximum absolute atomic E-state index is 12.4. The second-order valence-corrected chi connectivity index (χ2v) is 10.8. The maximum atomic E-state index is 12.4. The Balaban J connectivity index is 1.50. The number of aromatic nitrogens is 3. The SMILES string of the molecule is CC(C)c1ccc(C(O)(c2cncc(-c3noc(C[C@H]4CCNC4)n3)c2)C2(C)CN(C)C2)cc1. The van der Waals surface area contributed by atoms with Gasteiger partial charge in [0.2, 0.25) is 11.7 Å². The van der Waals surface area contributed by atoms with Crippen molar-refractivity contribution in [2.75, 3.05) is 33.2 Å². The van der Waals surface area contributed by atoms with E-state index in [1.807, 2.05) is 6.07 Å². The van der Waals surface area contributed by atoms with Crippen LogP contribution >= 0.6 is 0 Å². The molecule has 7 nitrogen and oxygen atoms in total. The zero-order valence-corrected chi connectivity index (χ0v) is 20.6. The van der Waals surface area contributed by atoms with Crippen molar-refractivity contribution in [2.45, 2.75) is 45.1 Å². The standard InChI is InChI=1S/C27H35N5O2/c1-18(2)20-5-7-22(8-6-20)27(33,26(3)16-32(4)17-26)23-12-21(14-29-15-23)25-30-24(34-31-25)11-19-9-10-28-13-19/h5-8,12,14-15,18-19,28,33H,9-11,13,16-17H2,1-4H3/t19-,27?/m1/s1. The van der Waals surface area contributed by atoms with Gasteiger partial charge in [-0.1, -0.05) is 50.2 Å². The van der Waals surface area contributed by atoms with Gasteiger partial charge >= 0.3 is 0 Å². The molecule has 4 heterocycles. The zero-order valence-electron chi connectivity index (χ0n) is 20.6. The number of hydrogen-bond acceptors (Lipinski definition) is 7. The summed E-state index contributed by atoms with van der Waals surface area (Å²) in [5.74, 6) is 2.14. The van der Waals surface area contributed by atoms with E-state index in [9.17, 15) is 5.11 Å². The summed E-state index contributed by atoms with van der Waals surface area (Å²) in [6.45, 7) is 10.1. The van der Waals surface area contributed by atoms with Gasteiger partial charge in [0.25, 0.3) is 0 Å². The predicted molar refractivity (Wildman–Crippen MR) is 131 cm³/mol. The number of pyridine rings is 1. The molecule has 3 aromatic rings. The molecule has 2 aliphatic rings. The van der Waals surface area contributed by atoms with Crippen LogP contribution < -0.4 is 5.32 Å². The van der Waals surface area contributed by atoms with E-state index in [4.69, 9.17) is 4.52 Å². The number of aliphatic hydroxyl groups is 1. The highest BCUT2D eigenvalue weighted by atomic mass is 16.5. The molecule has 0 saturated carbocycles. The molecule has 1 aromatic carbocycles. The molecule has 2 saturated heterocycles. The van der Waals surface area contributed by atoms with Gasteiger partial charge in [0.15, 0.2) is 0 Å². The third-order valence-corrected chi connectivity index (χ3v) is 7.61. The van der Waals surface area contributed by atoms with Crippen molar-refractivity contribution in [2.24, 2.45) is 11.3 Å². The van der Waals surface area contributed by atoms with Gasteiger partial charge in [-0.15, -0.1) is 0 Å². The van der Waals surface area contributed by atoms with Crippen LogP contribution in [0.25, 0.3) is 11.4 Å². The first kappa shape index (κ1) is 23.1. The number of hydrogen-bond donors (Lipinski definition) is 2. The summed E-state index contributed by atoms with van der Waals surface area (Å²) in [5.41, 5.74) is 2.11. The zero-order chi connectivity index (χ0) is 23.9. The number of likely N-dealkylation sites (tertiary alicyclic amines) is 1. The number of nitrogens with one attached hydrogen (secondary N) is 1. The monoisotopic (exact) mass is 461 g/mol. The summed E-state index contributed by atoms with van der Waals surface area (Å²) in [7, 11) is 2.08. The fraction of sp³-hybridized carbons (Fsp3) is 0.519. The Kier molecular flexibility index (Phi) is 6.04. The summed E-state index contributed by atoms with van der Waals surface area (Å²) in [6, 6.07) is 10.3. The first-order valence-corrected chi connectivity index (χ1v) is 12.3. The molecule has 0 radical (unpaired) electrons. The van der Waals surface area contributed by atoms with Crippen LogP contribution in [0.15, 0.2) is 47.2 Å². The molecule has 34 heavy (non-hydrogen) atoms. The first-order chi connectivity index (χ1) is 16.3. The Hall–Kier alpha value is -2.61. The van der Waals surface area contributed by atoms with Gasteiger partial charge in [-0.3, -0.25) is 4.98 Å². The van der Waals surface area contributed by atoms with Gasteiger partial charge in [-0.25, -0.2) is 0 Å². The minimum Gasteiger partial charge on any atom is -0.380 e. The van der Waals surface area contributed by atoms with Crippen molar-refractivity contribution in [1.29, 1.82) is 0 Å². The lowest BCUT2D eigenvalue weighted by molar-refractivity contribution is -0.127. The fourth-order valence-corrected chi connectivity index (χ4v) is 5.70. The van der Waals surface area contributed by atoms with Crippen LogP contribution in [0, 0.1) is 11.3 Å². The van der Waals surface area contributed by atoms with Crippen molar-refractivity contribution in [3.63, 3.8) is 0 Å². The van der Waals surface area contributed by atoms with Crippen molar-refractivity contribution in [1.82, 2.24) is 25.3 Å². The molecule has 5 rings (SSSR count). The summed E-state index contributed by atoms with van der Waals surface area (Å²) in [6.07, 6.45) is 5.43. The van der Waals surface area contributed by atoms with E-state index >= 15 is 0 Å². The summed E-state index contributed by atoms with van der Waals surface area (Å²) in [4.78, 5) is 11.4. The molecule has 7 heteroatoms. The third kappa shape index (κ3) is 4.06. The average Bonchev–Trinajstić information content (AvgIpc) is 3.50. The van der Waals surface area contributed by atoms with Crippen molar-refractivity contribution in [3.05, 3.63) is 65.3 Å². The van der Waals surface area contributed by atoms with Gasteiger partial charge < -0.3 is 19.8 Å². The van der Waals surface area contributed by atoms with Crippen LogP contribution in [0.2, 0.25) is 0 Å². The van der Waals surface area contributed by atoms with Crippen molar-refractivity contribution >= 4 is 0 Å². The van der Waals surface area contributed by atoms with Crippen LogP contribution in [-0.4, -0.2) is 58.4 Å². The van der Waals surface area contributed by atoms with E-state index in [1.54, 1.807) is 12.4 Å². The molecular weight excluding hydrogens is 426 g/mol. The molecule has 0 bridgehead atoms. The van der Waals surface area contributed by atoms with E-state index in [-0.39, 0.29) is 5.41 Å². The number of benzene rings is 1. The molecule has 2 atom stereocenters. The molecule has 180 valence electrons. The lowest BCUT2D eigenvalue weighted by atomic mass is 9.62. The topological polar surface area (TPSA) is 87.3 Å². The van der Waals surface area contributed by atoms with Crippen molar-refractivity contribution < 1.29 is 9.63 Å². The van der Waals surface area contributed by atoms with Crippen molar-refractivity contribution in [3.8, 4) is 11.4 Å². The highest BCUT2D eigenvalue weighted by molar-refractivity contribution is 5.56. The minimum absolute atomic E-state index is 0.348. The Bertz CT molecular complexity index is 1130. The van der Waals surface area contributed by atoms with Crippen LogP contribution in [0.4, 0.5) is 0 Å². The lowest BCUT2D eigenvalue weighted by Gasteiger charge is -2.55. The fourth-order valence-electron chi connectivity index (χ4n) is 5.70. The summed E-state index contributed by atoms with van der Waals surface area (Å²) < 4.78 is 5.55. The molecule has 1 unspecified atom stereocenters. The quantitative estimate of drug-likeness (QED) is 0.556. The Morgan fingerprint density at radius 3 is 2.62 bits per heavy atom. The molecule has 2 aromatic heterocycles. The molecule has 2 N–H and O–H groups in total. The normalized spacial score (nSPS) is 22.0. The Labute approximate surface area is 201 Å². The van der Waals surface area contributed by atoms with Crippen LogP contribution in [0.3, 0.4) is 0 Å².